The van der Waals surface area contributed by atoms with E-state index in [9.17, 15) is 5.11 Å². The Labute approximate surface area is 81.8 Å². The summed E-state index contributed by atoms with van der Waals surface area (Å²) in [6.07, 6.45) is 0.740. The number of anilines is 1. The van der Waals surface area contributed by atoms with Gasteiger partial charge < -0.3 is 15.3 Å². The van der Waals surface area contributed by atoms with Crippen molar-refractivity contribution >= 4 is 5.69 Å². The molecule has 0 aliphatic heterocycles. The maximum atomic E-state index is 9.89. The molecule has 3 nitrogen and oxygen atoms in total. The SMILES string of the molecule is Nc1ccccc1C(O)c1ccco1. The fourth-order valence-corrected chi connectivity index (χ4v) is 1.36. The van der Waals surface area contributed by atoms with Gasteiger partial charge in [0.15, 0.2) is 0 Å². The van der Waals surface area contributed by atoms with Crippen LogP contribution in [0.5, 0.6) is 0 Å². The third-order valence-electron chi connectivity index (χ3n) is 2.10. The van der Waals surface area contributed by atoms with Gasteiger partial charge in [0, 0.05) is 11.3 Å². The monoisotopic (exact) mass is 189 g/mol. The summed E-state index contributed by atoms with van der Waals surface area (Å²) in [5.41, 5.74) is 6.96. The molecule has 0 bridgehead atoms. The fraction of sp³-hybridized carbons (Fsp3) is 0.0909. The van der Waals surface area contributed by atoms with E-state index in [1.54, 1.807) is 24.3 Å². The Morgan fingerprint density at radius 2 is 1.93 bits per heavy atom. The smallest absolute Gasteiger partial charge is 0.139 e. The number of para-hydroxylation sites is 1. The molecule has 1 heterocycles. The van der Waals surface area contributed by atoms with Crippen LogP contribution in [0.25, 0.3) is 0 Å². The second kappa shape index (κ2) is 3.55. The molecule has 1 unspecified atom stereocenters. The summed E-state index contributed by atoms with van der Waals surface area (Å²) < 4.78 is 5.10. The molecule has 3 heteroatoms. The topological polar surface area (TPSA) is 59.4 Å². The minimum Gasteiger partial charge on any atom is -0.466 e. The molecule has 0 saturated carbocycles. The normalized spacial score (nSPS) is 12.6. The number of nitrogens with two attached hydrogens (primary N) is 1. The van der Waals surface area contributed by atoms with Crippen LogP contribution < -0.4 is 5.73 Å². The van der Waals surface area contributed by atoms with Gasteiger partial charge in [0.2, 0.25) is 0 Å². The maximum Gasteiger partial charge on any atom is 0.139 e. The molecule has 1 aromatic carbocycles. The summed E-state index contributed by atoms with van der Waals surface area (Å²) in [5.74, 6) is 0.503. The average molecular weight is 189 g/mol. The second-order valence-corrected chi connectivity index (χ2v) is 3.05. The second-order valence-electron chi connectivity index (χ2n) is 3.05. The van der Waals surface area contributed by atoms with Crippen molar-refractivity contribution in [3.05, 3.63) is 54.0 Å². The molecule has 0 saturated heterocycles. The van der Waals surface area contributed by atoms with Gasteiger partial charge in [0.05, 0.1) is 6.26 Å². The van der Waals surface area contributed by atoms with Gasteiger partial charge in [-0.05, 0) is 18.2 Å². The first kappa shape index (κ1) is 8.84. The van der Waals surface area contributed by atoms with Crippen LogP contribution in [0.4, 0.5) is 5.69 Å². The Hall–Kier alpha value is -1.74. The third-order valence-corrected chi connectivity index (χ3v) is 2.10. The Kier molecular flexibility index (Phi) is 2.24. The quantitative estimate of drug-likeness (QED) is 0.710. The van der Waals surface area contributed by atoms with Gasteiger partial charge >= 0.3 is 0 Å². The van der Waals surface area contributed by atoms with Crippen molar-refractivity contribution < 1.29 is 9.52 Å². The van der Waals surface area contributed by atoms with Crippen molar-refractivity contribution in [3.8, 4) is 0 Å². The number of hydrogen-bond donors (Lipinski definition) is 2. The molecule has 72 valence electrons. The molecule has 2 rings (SSSR count). The van der Waals surface area contributed by atoms with Crippen LogP contribution in [0.2, 0.25) is 0 Å². The summed E-state index contributed by atoms with van der Waals surface area (Å²) in [6.45, 7) is 0. The van der Waals surface area contributed by atoms with Crippen LogP contribution in [0.3, 0.4) is 0 Å². The van der Waals surface area contributed by atoms with Gasteiger partial charge in [0.25, 0.3) is 0 Å². The molecule has 0 radical (unpaired) electrons. The highest BCUT2D eigenvalue weighted by Gasteiger charge is 2.14. The zero-order valence-corrected chi connectivity index (χ0v) is 7.55. The molecule has 14 heavy (non-hydrogen) atoms. The van der Waals surface area contributed by atoms with E-state index in [0.29, 0.717) is 17.0 Å². The third kappa shape index (κ3) is 1.49. The number of furan rings is 1. The zero-order chi connectivity index (χ0) is 9.97. The molecule has 2 aromatic rings. The van der Waals surface area contributed by atoms with E-state index < -0.39 is 6.10 Å². The van der Waals surface area contributed by atoms with Gasteiger partial charge in [-0.25, -0.2) is 0 Å². The first-order chi connectivity index (χ1) is 6.79. The molecule has 0 fully saturated rings. The van der Waals surface area contributed by atoms with Crippen molar-refractivity contribution in [2.24, 2.45) is 0 Å². The first-order valence-electron chi connectivity index (χ1n) is 4.35. The Bertz CT molecular complexity index is 409. The highest BCUT2D eigenvalue weighted by atomic mass is 16.4. The van der Waals surface area contributed by atoms with E-state index in [1.165, 1.54) is 6.26 Å². The summed E-state index contributed by atoms with van der Waals surface area (Å²) in [7, 11) is 0. The van der Waals surface area contributed by atoms with Gasteiger partial charge in [0.1, 0.15) is 11.9 Å². The van der Waals surface area contributed by atoms with Gasteiger partial charge in [-0.15, -0.1) is 0 Å². The number of benzene rings is 1. The average Bonchev–Trinajstić information content (AvgIpc) is 2.70. The van der Waals surface area contributed by atoms with Crippen molar-refractivity contribution in [2.45, 2.75) is 6.10 Å². The lowest BCUT2D eigenvalue weighted by atomic mass is 10.1. The van der Waals surface area contributed by atoms with E-state index in [1.807, 2.05) is 12.1 Å². The molecule has 1 atom stereocenters. The number of aliphatic hydroxyl groups excluding tert-OH is 1. The van der Waals surface area contributed by atoms with E-state index in [-0.39, 0.29) is 0 Å². The van der Waals surface area contributed by atoms with Crippen molar-refractivity contribution in [1.82, 2.24) is 0 Å². The Morgan fingerprint density at radius 1 is 1.14 bits per heavy atom. The highest BCUT2D eigenvalue weighted by Crippen LogP contribution is 2.26. The largest absolute Gasteiger partial charge is 0.466 e. The van der Waals surface area contributed by atoms with Crippen molar-refractivity contribution in [3.63, 3.8) is 0 Å². The molecule has 0 aliphatic carbocycles. The van der Waals surface area contributed by atoms with E-state index in [4.69, 9.17) is 10.2 Å². The zero-order valence-electron chi connectivity index (χ0n) is 7.55. The number of rotatable bonds is 2. The molecule has 0 aliphatic rings. The van der Waals surface area contributed by atoms with Crippen molar-refractivity contribution in [1.29, 1.82) is 0 Å². The van der Waals surface area contributed by atoms with Gasteiger partial charge in [-0.1, -0.05) is 18.2 Å². The summed E-state index contributed by atoms with van der Waals surface area (Å²) in [6, 6.07) is 10.6. The summed E-state index contributed by atoms with van der Waals surface area (Å²) >= 11 is 0. The van der Waals surface area contributed by atoms with E-state index >= 15 is 0 Å². The highest BCUT2D eigenvalue weighted by molar-refractivity contribution is 5.49. The van der Waals surface area contributed by atoms with Crippen LogP contribution >= 0.6 is 0 Å². The van der Waals surface area contributed by atoms with E-state index in [0.717, 1.165) is 0 Å². The molecule has 0 amide bonds. The molecular formula is C11H11NO2. The summed E-state index contributed by atoms with van der Waals surface area (Å²) in [5, 5.41) is 9.89. The fourth-order valence-electron chi connectivity index (χ4n) is 1.36. The molecule has 0 spiro atoms. The maximum absolute atomic E-state index is 9.89. The lowest BCUT2D eigenvalue weighted by Crippen LogP contribution is -2.02. The lowest BCUT2D eigenvalue weighted by molar-refractivity contribution is 0.190. The number of hydrogen-bond acceptors (Lipinski definition) is 3. The number of aliphatic hydroxyl groups is 1. The van der Waals surface area contributed by atoms with Crippen LogP contribution in [0.15, 0.2) is 47.1 Å². The van der Waals surface area contributed by atoms with Crippen LogP contribution in [0, 0.1) is 0 Å². The van der Waals surface area contributed by atoms with Gasteiger partial charge in [-0.2, -0.15) is 0 Å². The number of nitrogen functional groups attached to an aromatic ring is 1. The molecular weight excluding hydrogens is 178 g/mol. The minimum absolute atomic E-state index is 0.503. The van der Waals surface area contributed by atoms with Gasteiger partial charge in [-0.3, -0.25) is 0 Å². The Balaban J connectivity index is 2.37. The van der Waals surface area contributed by atoms with E-state index in [2.05, 4.69) is 0 Å². The first-order valence-corrected chi connectivity index (χ1v) is 4.35. The van der Waals surface area contributed by atoms with Crippen LogP contribution in [0.1, 0.15) is 17.4 Å². The Morgan fingerprint density at radius 3 is 2.57 bits per heavy atom. The molecule has 3 N–H and O–H groups in total. The van der Waals surface area contributed by atoms with Crippen LogP contribution in [-0.4, -0.2) is 5.11 Å². The van der Waals surface area contributed by atoms with Crippen molar-refractivity contribution in [2.75, 3.05) is 5.73 Å². The minimum atomic E-state index is -0.786. The lowest BCUT2D eigenvalue weighted by Gasteiger charge is -2.10. The standard InChI is InChI=1S/C11H11NO2/c12-9-5-2-1-4-8(9)11(13)10-6-3-7-14-10/h1-7,11,13H,12H2. The summed E-state index contributed by atoms with van der Waals surface area (Å²) in [4.78, 5) is 0. The predicted molar refractivity (Wildman–Crippen MR) is 53.6 cm³/mol. The van der Waals surface area contributed by atoms with Crippen LogP contribution in [-0.2, 0) is 0 Å². The molecule has 1 aromatic heterocycles. The predicted octanol–water partition coefficient (Wildman–Crippen LogP) is 1.94.